The molecule has 0 amide bonds. The fourth-order valence-electron chi connectivity index (χ4n) is 1.74. The minimum absolute atomic E-state index is 0.121. The minimum Gasteiger partial charge on any atom is -0.313 e. The number of hydrogen-bond donors (Lipinski definition) is 1. The van der Waals surface area contributed by atoms with Gasteiger partial charge in [-0.05, 0) is 19.4 Å². The highest BCUT2D eigenvalue weighted by atomic mass is 32.2. The average Bonchev–Trinajstić information content (AvgIpc) is 2.19. The third-order valence-electron chi connectivity index (χ3n) is 2.69. The van der Waals surface area contributed by atoms with Gasteiger partial charge in [-0.1, -0.05) is 12.5 Å². The van der Waals surface area contributed by atoms with Gasteiger partial charge in [-0.3, -0.25) is 0 Å². The van der Waals surface area contributed by atoms with E-state index in [4.69, 9.17) is 0 Å². The quantitative estimate of drug-likeness (QED) is 0.705. The van der Waals surface area contributed by atoms with Crippen LogP contribution in [0.5, 0.6) is 0 Å². The highest BCUT2D eigenvalue weighted by Gasteiger charge is 2.23. The molecule has 0 aromatic rings. The van der Waals surface area contributed by atoms with Crippen molar-refractivity contribution >= 4 is 10.0 Å². The van der Waals surface area contributed by atoms with Crippen LogP contribution in [-0.4, -0.2) is 44.7 Å². The molecule has 1 aliphatic rings. The molecule has 0 aromatic heterocycles. The van der Waals surface area contributed by atoms with E-state index >= 15 is 0 Å². The Morgan fingerprint density at radius 3 is 2.80 bits per heavy atom. The molecule has 88 valence electrons. The van der Waals surface area contributed by atoms with Crippen LogP contribution < -0.4 is 5.32 Å². The van der Waals surface area contributed by atoms with Crippen LogP contribution in [0.1, 0.15) is 19.3 Å². The van der Waals surface area contributed by atoms with Crippen LogP contribution in [0.4, 0.5) is 0 Å². The Balaban J connectivity index is 2.50. The summed E-state index contributed by atoms with van der Waals surface area (Å²) in [5.74, 6) is 0.206. The average molecular weight is 232 g/mol. The lowest BCUT2D eigenvalue weighted by Gasteiger charge is -2.25. The maximum atomic E-state index is 11.8. The first-order valence-corrected chi connectivity index (χ1v) is 6.95. The zero-order valence-electron chi connectivity index (χ0n) is 9.28. The van der Waals surface area contributed by atoms with Crippen LogP contribution in [0.15, 0.2) is 12.7 Å². The van der Waals surface area contributed by atoms with Gasteiger partial charge in [-0.15, -0.1) is 6.58 Å². The first-order chi connectivity index (χ1) is 7.06. The van der Waals surface area contributed by atoms with Crippen LogP contribution >= 0.6 is 0 Å². The molecule has 15 heavy (non-hydrogen) atoms. The molecular weight excluding hydrogens is 212 g/mol. The van der Waals surface area contributed by atoms with Crippen LogP contribution in [-0.2, 0) is 10.0 Å². The van der Waals surface area contributed by atoms with Gasteiger partial charge in [0.1, 0.15) is 0 Å². The summed E-state index contributed by atoms with van der Waals surface area (Å²) >= 11 is 0. The van der Waals surface area contributed by atoms with Gasteiger partial charge in [0.25, 0.3) is 0 Å². The zero-order chi connectivity index (χ0) is 11.3. The molecule has 1 saturated heterocycles. The smallest absolute Gasteiger partial charge is 0.215 e. The van der Waals surface area contributed by atoms with Crippen LogP contribution in [0.3, 0.4) is 0 Å². The third-order valence-corrected chi connectivity index (χ3v) is 4.61. The van der Waals surface area contributed by atoms with Crippen LogP contribution in [0.25, 0.3) is 0 Å². The van der Waals surface area contributed by atoms with Crippen molar-refractivity contribution in [2.45, 2.75) is 25.3 Å². The molecule has 4 nitrogen and oxygen atoms in total. The predicted octanol–water partition coefficient (Wildman–Crippen LogP) is 0.576. The Labute approximate surface area is 92.4 Å². The van der Waals surface area contributed by atoms with E-state index in [1.165, 1.54) is 4.31 Å². The first-order valence-electron chi connectivity index (χ1n) is 5.34. The van der Waals surface area contributed by atoms with E-state index in [0.717, 1.165) is 25.8 Å². The Bertz CT molecular complexity index is 295. The van der Waals surface area contributed by atoms with E-state index in [9.17, 15) is 8.42 Å². The maximum Gasteiger partial charge on any atom is 0.215 e. The fourth-order valence-corrected chi connectivity index (χ4v) is 3.12. The third kappa shape index (κ3) is 3.93. The van der Waals surface area contributed by atoms with E-state index in [0.29, 0.717) is 6.54 Å². The van der Waals surface area contributed by atoms with Crippen molar-refractivity contribution in [2.75, 3.05) is 25.9 Å². The maximum absolute atomic E-state index is 11.8. The van der Waals surface area contributed by atoms with Gasteiger partial charge in [0.15, 0.2) is 0 Å². The van der Waals surface area contributed by atoms with Crippen molar-refractivity contribution < 1.29 is 8.42 Å². The molecule has 0 aromatic carbocycles. The minimum atomic E-state index is -3.12. The summed E-state index contributed by atoms with van der Waals surface area (Å²) in [7, 11) is -1.53. The summed E-state index contributed by atoms with van der Waals surface area (Å²) in [5, 5.41) is 3.24. The summed E-state index contributed by atoms with van der Waals surface area (Å²) in [6, 6.07) is 0.121. The van der Waals surface area contributed by atoms with Crippen molar-refractivity contribution in [2.24, 2.45) is 0 Å². The number of piperidine rings is 1. The number of sulfonamides is 1. The molecule has 1 atom stereocenters. The van der Waals surface area contributed by atoms with E-state index < -0.39 is 10.0 Å². The van der Waals surface area contributed by atoms with E-state index in [-0.39, 0.29) is 11.8 Å². The Hall–Kier alpha value is -0.390. The standard InChI is InChI=1S/C10H20N2O2S/c1-3-8-12(2)15(13,14)9-10-6-4-5-7-11-10/h3,10-11H,1,4-9H2,2H3. The lowest BCUT2D eigenvalue weighted by atomic mass is 10.1. The summed E-state index contributed by atoms with van der Waals surface area (Å²) in [5.41, 5.74) is 0. The molecule has 0 aliphatic carbocycles. The monoisotopic (exact) mass is 232 g/mol. The van der Waals surface area contributed by atoms with Gasteiger partial charge in [0.2, 0.25) is 10.0 Å². The molecule has 0 spiro atoms. The zero-order valence-corrected chi connectivity index (χ0v) is 10.1. The van der Waals surface area contributed by atoms with Crippen molar-refractivity contribution in [1.29, 1.82) is 0 Å². The second-order valence-electron chi connectivity index (χ2n) is 3.99. The lowest BCUT2D eigenvalue weighted by Crippen LogP contribution is -2.43. The molecule has 1 rings (SSSR count). The summed E-state index contributed by atoms with van der Waals surface area (Å²) in [6.07, 6.45) is 4.84. The Kier molecular flexibility index (Phi) is 4.76. The van der Waals surface area contributed by atoms with Gasteiger partial charge in [0.05, 0.1) is 5.75 Å². The van der Waals surface area contributed by atoms with Crippen LogP contribution in [0, 0.1) is 0 Å². The normalized spacial score (nSPS) is 22.9. The summed E-state index contributed by atoms with van der Waals surface area (Å²) in [6.45, 7) is 4.86. The molecule has 1 aliphatic heterocycles. The SMILES string of the molecule is C=CCN(C)S(=O)(=O)CC1CCCCN1. The second kappa shape index (κ2) is 5.63. The number of hydrogen-bond acceptors (Lipinski definition) is 3. The molecule has 0 saturated carbocycles. The summed E-state index contributed by atoms with van der Waals surface area (Å²) in [4.78, 5) is 0. The largest absolute Gasteiger partial charge is 0.313 e. The molecule has 0 bridgehead atoms. The first kappa shape index (κ1) is 12.7. The Morgan fingerprint density at radius 1 is 1.53 bits per heavy atom. The van der Waals surface area contributed by atoms with E-state index in [1.807, 2.05) is 0 Å². The van der Waals surface area contributed by atoms with Gasteiger partial charge in [-0.25, -0.2) is 12.7 Å². The van der Waals surface area contributed by atoms with Crippen molar-refractivity contribution in [3.8, 4) is 0 Å². The van der Waals surface area contributed by atoms with Crippen molar-refractivity contribution in [3.05, 3.63) is 12.7 Å². The molecule has 1 fully saturated rings. The topological polar surface area (TPSA) is 49.4 Å². The van der Waals surface area contributed by atoms with Crippen molar-refractivity contribution in [3.63, 3.8) is 0 Å². The molecule has 1 unspecified atom stereocenters. The highest BCUT2D eigenvalue weighted by Crippen LogP contribution is 2.10. The number of nitrogens with zero attached hydrogens (tertiary/aromatic N) is 1. The van der Waals surface area contributed by atoms with E-state index in [2.05, 4.69) is 11.9 Å². The number of likely N-dealkylation sites (N-methyl/N-ethyl adjacent to an activating group) is 1. The molecule has 1 N–H and O–H groups in total. The molecule has 5 heteroatoms. The lowest BCUT2D eigenvalue weighted by molar-refractivity contribution is 0.414. The van der Waals surface area contributed by atoms with Gasteiger partial charge in [-0.2, -0.15) is 0 Å². The number of rotatable bonds is 5. The second-order valence-corrected chi connectivity index (χ2v) is 6.12. The van der Waals surface area contributed by atoms with Crippen molar-refractivity contribution in [1.82, 2.24) is 9.62 Å². The van der Waals surface area contributed by atoms with Gasteiger partial charge in [0, 0.05) is 19.6 Å². The molecule has 0 radical (unpaired) electrons. The van der Waals surface area contributed by atoms with Crippen LogP contribution in [0.2, 0.25) is 0 Å². The van der Waals surface area contributed by atoms with Gasteiger partial charge >= 0.3 is 0 Å². The van der Waals surface area contributed by atoms with E-state index in [1.54, 1.807) is 13.1 Å². The van der Waals surface area contributed by atoms with Gasteiger partial charge < -0.3 is 5.32 Å². The highest BCUT2D eigenvalue weighted by molar-refractivity contribution is 7.89. The molecular formula is C10H20N2O2S. The fraction of sp³-hybridized carbons (Fsp3) is 0.800. The number of nitrogens with one attached hydrogen (secondary N) is 1. The Morgan fingerprint density at radius 2 is 2.27 bits per heavy atom. The predicted molar refractivity (Wildman–Crippen MR) is 62.3 cm³/mol. The molecule has 1 heterocycles. The summed E-state index contributed by atoms with van der Waals surface area (Å²) < 4.78 is 25.0.